The second kappa shape index (κ2) is 4.01. The molecule has 0 aliphatic heterocycles. The topological polar surface area (TPSA) is 80.0 Å². The van der Waals surface area contributed by atoms with Gasteiger partial charge >= 0.3 is 0 Å². The Kier molecular flexibility index (Phi) is 2.55. The minimum Gasteiger partial charge on any atom is -0.507 e. The van der Waals surface area contributed by atoms with Crippen molar-refractivity contribution in [3.05, 3.63) is 42.0 Å². The molecule has 0 bridgehead atoms. The largest absolute Gasteiger partial charge is 0.507 e. The van der Waals surface area contributed by atoms with Crippen molar-refractivity contribution < 1.29 is 9.90 Å². The van der Waals surface area contributed by atoms with E-state index in [2.05, 4.69) is 15.5 Å². The molecular weight excluding hydrogens is 208 g/mol. The van der Waals surface area contributed by atoms with Crippen LogP contribution < -0.4 is 5.43 Å². The van der Waals surface area contributed by atoms with Crippen molar-refractivity contribution in [2.75, 3.05) is 5.43 Å². The van der Waals surface area contributed by atoms with Crippen LogP contribution in [0, 0.1) is 6.92 Å². The van der Waals surface area contributed by atoms with Crippen molar-refractivity contribution in [2.24, 2.45) is 0 Å². The van der Waals surface area contributed by atoms with Gasteiger partial charge in [0.2, 0.25) is 0 Å². The van der Waals surface area contributed by atoms with Crippen LogP contribution in [-0.2, 0) is 0 Å². The van der Waals surface area contributed by atoms with E-state index in [4.69, 9.17) is 0 Å². The van der Waals surface area contributed by atoms with Gasteiger partial charge in [-0.15, -0.1) is 5.10 Å². The predicted molar refractivity (Wildman–Crippen MR) is 56.6 cm³/mol. The maximum Gasteiger partial charge on any atom is 0.275 e. The lowest BCUT2D eigenvalue weighted by atomic mass is 10.1. The van der Waals surface area contributed by atoms with Gasteiger partial charge in [-0.25, -0.2) is 10.4 Å². The molecule has 0 aliphatic rings. The number of amides is 1. The van der Waals surface area contributed by atoms with Crippen molar-refractivity contribution in [1.82, 2.24) is 14.9 Å². The van der Waals surface area contributed by atoms with Crippen LogP contribution in [0.5, 0.6) is 5.75 Å². The van der Waals surface area contributed by atoms with Gasteiger partial charge < -0.3 is 5.11 Å². The van der Waals surface area contributed by atoms with Crippen LogP contribution in [0.15, 0.2) is 30.9 Å². The van der Waals surface area contributed by atoms with Gasteiger partial charge in [0, 0.05) is 0 Å². The highest BCUT2D eigenvalue weighted by molar-refractivity contribution is 6.02. The third-order valence-electron chi connectivity index (χ3n) is 2.03. The number of phenolic OH excluding ortho intramolecular Hbond substituents is 1. The number of aromatic nitrogens is 3. The van der Waals surface area contributed by atoms with Crippen LogP contribution >= 0.6 is 0 Å². The summed E-state index contributed by atoms with van der Waals surface area (Å²) >= 11 is 0. The number of hydrogen-bond acceptors (Lipinski definition) is 4. The summed E-state index contributed by atoms with van der Waals surface area (Å²) in [5.74, 6) is -0.499. The lowest BCUT2D eigenvalue weighted by Gasteiger charge is -2.06. The molecule has 2 aromatic rings. The van der Waals surface area contributed by atoms with E-state index in [1.807, 2.05) is 6.92 Å². The fraction of sp³-hybridized carbons (Fsp3) is 0.100. The van der Waals surface area contributed by atoms with Crippen LogP contribution in [-0.4, -0.2) is 25.9 Å². The van der Waals surface area contributed by atoms with Crippen LogP contribution in [0.4, 0.5) is 0 Å². The van der Waals surface area contributed by atoms with Gasteiger partial charge in [-0.2, -0.15) is 4.79 Å². The molecule has 6 nitrogen and oxygen atoms in total. The SMILES string of the molecule is Cc1ccc(C(=O)Nn2cncn2)c(O)c1. The van der Waals surface area contributed by atoms with Gasteiger partial charge in [0.1, 0.15) is 18.4 Å². The summed E-state index contributed by atoms with van der Waals surface area (Å²) in [5, 5.41) is 13.3. The summed E-state index contributed by atoms with van der Waals surface area (Å²) in [6.45, 7) is 1.83. The number of aryl methyl sites for hydroxylation is 1. The highest BCUT2D eigenvalue weighted by Gasteiger charge is 2.11. The van der Waals surface area contributed by atoms with E-state index < -0.39 is 5.91 Å². The average Bonchev–Trinajstić information content (AvgIpc) is 2.70. The van der Waals surface area contributed by atoms with E-state index in [1.165, 1.54) is 23.5 Å². The van der Waals surface area contributed by atoms with Crippen molar-refractivity contribution in [2.45, 2.75) is 6.92 Å². The van der Waals surface area contributed by atoms with E-state index in [1.54, 1.807) is 12.1 Å². The fourth-order valence-corrected chi connectivity index (χ4v) is 1.26. The van der Waals surface area contributed by atoms with Crippen LogP contribution in [0.3, 0.4) is 0 Å². The first kappa shape index (κ1) is 10.2. The summed E-state index contributed by atoms with van der Waals surface area (Å²) in [7, 11) is 0. The molecule has 0 atom stereocenters. The molecule has 1 aromatic carbocycles. The van der Waals surface area contributed by atoms with E-state index >= 15 is 0 Å². The molecule has 0 aliphatic carbocycles. The lowest BCUT2D eigenvalue weighted by Crippen LogP contribution is -2.23. The molecule has 0 unspecified atom stereocenters. The zero-order valence-electron chi connectivity index (χ0n) is 8.58. The monoisotopic (exact) mass is 218 g/mol. The third kappa shape index (κ3) is 2.00. The molecule has 0 saturated heterocycles. The molecule has 1 amide bonds. The Morgan fingerprint density at radius 3 is 2.94 bits per heavy atom. The van der Waals surface area contributed by atoms with Gasteiger partial charge in [-0.3, -0.25) is 4.79 Å². The van der Waals surface area contributed by atoms with Crippen molar-refractivity contribution in [3.8, 4) is 5.75 Å². The minimum absolute atomic E-state index is 0.0578. The first-order valence-corrected chi connectivity index (χ1v) is 4.62. The van der Waals surface area contributed by atoms with Gasteiger partial charge in [-0.1, -0.05) is 6.07 Å². The quantitative estimate of drug-likeness (QED) is 0.776. The normalized spacial score (nSPS) is 10.1. The van der Waals surface area contributed by atoms with Crippen molar-refractivity contribution in [1.29, 1.82) is 0 Å². The molecule has 0 spiro atoms. The Labute approximate surface area is 91.5 Å². The molecular formula is C10H10N4O2. The van der Waals surface area contributed by atoms with E-state index in [0.29, 0.717) is 0 Å². The number of benzene rings is 1. The van der Waals surface area contributed by atoms with Gasteiger partial charge in [0.25, 0.3) is 5.91 Å². The number of rotatable bonds is 2. The van der Waals surface area contributed by atoms with Gasteiger partial charge in [-0.05, 0) is 24.6 Å². The first-order valence-electron chi connectivity index (χ1n) is 4.62. The fourth-order valence-electron chi connectivity index (χ4n) is 1.26. The highest BCUT2D eigenvalue weighted by Crippen LogP contribution is 2.18. The molecule has 0 fully saturated rings. The maximum atomic E-state index is 11.7. The smallest absolute Gasteiger partial charge is 0.275 e. The second-order valence-electron chi connectivity index (χ2n) is 3.30. The standard InChI is InChI=1S/C10H10N4O2/c1-7-2-3-8(9(15)4-7)10(16)13-14-6-11-5-12-14/h2-6,15H,1H3,(H,13,16). The molecule has 16 heavy (non-hydrogen) atoms. The number of carbonyl (C=O) groups excluding carboxylic acids is 1. The third-order valence-corrected chi connectivity index (χ3v) is 2.03. The zero-order chi connectivity index (χ0) is 11.5. The first-order chi connectivity index (χ1) is 7.66. The molecule has 1 heterocycles. The van der Waals surface area contributed by atoms with Gasteiger partial charge in [0.15, 0.2) is 0 Å². The van der Waals surface area contributed by atoms with E-state index in [-0.39, 0.29) is 11.3 Å². The second-order valence-corrected chi connectivity index (χ2v) is 3.30. The lowest BCUT2D eigenvalue weighted by molar-refractivity contribution is 0.100. The number of aromatic hydroxyl groups is 1. The molecule has 6 heteroatoms. The molecule has 0 radical (unpaired) electrons. The van der Waals surface area contributed by atoms with Gasteiger partial charge in [0.05, 0.1) is 5.56 Å². The average molecular weight is 218 g/mol. The predicted octanol–water partition coefficient (Wildman–Crippen LogP) is 0.676. The summed E-state index contributed by atoms with van der Waals surface area (Å²) in [5.41, 5.74) is 3.52. The Bertz CT molecular complexity index is 508. The van der Waals surface area contributed by atoms with Crippen LogP contribution in [0.25, 0.3) is 0 Å². The summed E-state index contributed by atoms with van der Waals surface area (Å²) in [6.07, 6.45) is 2.65. The molecule has 82 valence electrons. The summed E-state index contributed by atoms with van der Waals surface area (Å²) < 4.78 is 0. The van der Waals surface area contributed by atoms with Crippen LogP contribution in [0.1, 0.15) is 15.9 Å². The molecule has 1 aromatic heterocycles. The number of phenols is 1. The Morgan fingerprint density at radius 2 is 2.31 bits per heavy atom. The summed E-state index contributed by atoms with van der Waals surface area (Å²) in [6, 6.07) is 4.82. The Morgan fingerprint density at radius 1 is 1.50 bits per heavy atom. The van der Waals surface area contributed by atoms with Crippen molar-refractivity contribution in [3.63, 3.8) is 0 Å². The van der Waals surface area contributed by atoms with Crippen molar-refractivity contribution >= 4 is 5.91 Å². The number of nitrogens with one attached hydrogen (secondary N) is 1. The van der Waals surface area contributed by atoms with E-state index in [0.717, 1.165) is 5.56 Å². The van der Waals surface area contributed by atoms with Crippen LogP contribution in [0.2, 0.25) is 0 Å². The number of carbonyl (C=O) groups is 1. The summed E-state index contributed by atoms with van der Waals surface area (Å²) in [4.78, 5) is 16.5. The van der Waals surface area contributed by atoms with E-state index in [9.17, 15) is 9.90 Å². The maximum absolute atomic E-state index is 11.7. The number of hydrogen-bond donors (Lipinski definition) is 2. The molecule has 0 saturated carbocycles. The Hall–Kier alpha value is -2.37. The minimum atomic E-state index is -0.442. The molecule has 2 N–H and O–H groups in total. The highest BCUT2D eigenvalue weighted by atomic mass is 16.3. The molecule has 2 rings (SSSR count). The Balaban J connectivity index is 2.21. The number of nitrogens with zero attached hydrogens (tertiary/aromatic N) is 3. The zero-order valence-corrected chi connectivity index (χ0v) is 8.58.